The van der Waals surface area contributed by atoms with Crippen molar-refractivity contribution >= 4 is 11.8 Å². The lowest BCUT2D eigenvalue weighted by atomic mass is 10.2. The van der Waals surface area contributed by atoms with Crippen molar-refractivity contribution in [1.29, 1.82) is 0 Å². The zero-order chi connectivity index (χ0) is 14.5. The number of aromatic carboxylic acids is 1. The Hall–Kier alpha value is -2.43. The van der Waals surface area contributed by atoms with E-state index in [1.54, 1.807) is 18.3 Å². The molecule has 0 aromatic carbocycles. The van der Waals surface area contributed by atoms with E-state index in [4.69, 9.17) is 0 Å². The van der Waals surface area contributed by atoms with Crippen LogP contribution in [0.1, 0.15) is 28.7 Å². The third-order valence-electron chi connectivity index (χ3n) is 3.00. The van der Waals surface area contributed by atoms with Crippen LogP contribution in [0.3, 0.4) is 0 Å². The Morgan fingerprint density at radius 3 is 2.75 bits per heavy atom. The normalized spacial score (nSPS) is 10.3. The quantitative estimate of drug-likeness (QED) is 0.905. The SMILES string of the molecule is CCN(Cc1cccc(C)n1)c1ncccc1C(=O)O. The average molecular weight is 271 g/mol. The number of pyridine rings is 2. The zero-order valence-electron chi connectivity index (χ0n) is 11.6. The second-order valence-electron chi connectivity index (χ2n) is 4.46. The predicted molar refractivity (Wildman–Crippen MR) is 76.9 cm³/mol. The smallest absolute Gasteiger partial charge is 0.339 e. The predicted octanol–water partition coefficient (Wildman–Crippen LogP) is 2.51. The van der Waals surface area contributed by atoms with E-state index in [0.717, 1.165) is 11.4 Å². The van der Waals surface area contributed by atoms with Crippen molar-refractivity contribution < 1.29 is 9.90 Å². The van der Waals surface area contributed by atoms with Crippen molar-refractivity contribution in [2.45, 2.75) is 20.4 Å². The molecule has 0 atom stereocenters. The maximum atomic E-state index is 11.3. The Morgan fingerprint density at radius 1 is 1.30 bits per heavy atom. The van der Waals surface area contributed by atoms with E-state index in [-0.39, 0.29) is 5.56 Å². The highest BCUT2D eigenvalue weighted by atomic mass is 16.4. The van der Waals surface area contributed by atoms with Crippen molar-refractivity contribution in [3.63, 3.8) is 0 Å². The minimum Gasteiger partial charge on any atom is -0.478 e. The monoisotopic (exact) mass is 271 g/mol. The van der Waals surface area contributed by atoms with Crippen molar-refractivity contribution in [2.75, 3.05) is 11.4 Å². The first kappa shape index (κ1) is 14.0. The number of carbonyl (C=O) groups is 1. The van der Waals surface area contributed by atoms with Gasteiger partial charge in [-0.25, -0.2) is 9.78 Å². The molecule has 2 aromatic rings. The first-order valence-corrected chi connectivity index (χ1v) is 6.47. The van der Waals surface area contributed by atoms with E-state index < -0.39 is 5.97 Å². The summed E-state index contributed by atoms with van der Waals surface area (Å²) in [5.74, 6) is -0.491. The van der Waals surface area contributed by atoms with Gasteiger partial charge in [0.15, 0.2) is 0 Å². The van der Waals surface area contributed by atoms with Crippen molar-refractivity contribution in [1.82, 2.24) is 9.97 Å². The molecule has 5 nitrogen and oxygen atoms in total. The van der Waals surface area contributed by atoms with Crippen LogP contribution in [-0.2, 0) is 6.54 Å². The molecule has 2 aromatic heterocycles. The standard InChI is InChI=1S/C15H17N3O2/c1-3-18(10-12-7-4-6-11(2)17-12)14-13(15(19)20)8-5-9-16-14/h4-9H,3,10H2,1-2H3,(H,19,20). The Morgan fingerprint density at radius 2 is 2.10 bits per heavy atom. The molecule has 0 unspecified atom stereocenters. The minimum atomic E-state index is -0.969. The molecule has 0 spiro atoms. The number of hydrogen-bond donors (Lipinski definition) is 1. The van der Waals surface area contributed by atoms with Crippen LogP contribution in [0.15, 0.2) is 36.5 Å². The highest BCUT2D eigenvalue weighted by Crippen LogP contribution is 2.19. The van der Waals surface area contributed by atoms with Crippen LogP contribution in [0.25, 0.3) is 0 Å². The first-order valence-electron chi connectivity index (χ1n) is 6.47. The van der Waals surface area contributed by atoms with Gasteiger partial charge < -0.3 is 10.0 Å². The number of hydrogen-bond acceptors (Lipinski definition) is 4. The molecule has 0 fully saturated rings. The summed E-state index contributed by atoms with van der Waals surface area (Å²) in [6.45, 7) is 5.10. The van der Waals surface area contributed by atoms with Crippen LogP contribution in [-0.4, -0.2) is 27.6 Å². The molecule has 20 heavy (non-hydrogen) atoms. The van der Waals surface area contributed by atoms with Gasteiger partial charge in [0, 0.05) is 18.4 Å². The molecule has 5 heteroatoms. The minimum absolute atomic E-state index is 0.210. The number of aromatic nitrogens is 2. The molecule has 0 bridgehead atoms. The van der Waals surface area contributed by atoms with Gasteiger partial charge in [0.05, 0.1) is 12.2 Å². The van der Waals surface area contributed by atoms with Gasteiger partial charge in [0.25, 0.3) is 0 Å². The molecule has 1 N–H and O–H groups in total. The zero-order valence-corrected chi connectivity index (χ0v) is 11.6. The number of aryl methyl sites for hydroxylation is 1. The highest BCUT2D eigenvalue weighted by Gasteiger charge is 2.16. The first-order chi connectivity index (χ1) is 9.61. The van der Waals surface area contributed by atoms with E-state index in [2.05, 4.69) is 9.97 Å². The molecule has 0 aliphatic heterocycles. The summed E-state index contributed by atoms with van der Waals surface area (Å²) in [6, 6.07) is 9.01. The largest absolute Gasteiger partial charge is 0.478 e. The van der Waals surface area contributed by atoms with Gasteiger partial charge in [0.1, 0.15) is 11.4 Å². The van der Waals surface area contributed by atoms with Gasteiger partial charge in [0.2, 0.25) is 0 Å². The lowest BCUT2D eigenvalue weighted by molar-refractivity contribution is 0.0697. The van der Waals surface area contributed by atoms with Crippen LogP contribution < -0.4 is 4.90 Å². The van der Waals surface area contributed by atoms with Gasteiger partial charge in [-0.3, -0.25) is 4.98 Å². The van der Waals surface area contributed by atoms with E-state index in [1.807, 2.05) is 36.9 Å². The van der Waals surface area contributed by atoms with Crippen molar-refractivity contribution in [2.24, 2.45) is 0 Å². The van der Waals surface area contributed by atoms with E-state index in [9.17, 15) is 9.90 Å². The van der Waals surface area contributed by atoms with Crippen molar-refractivity contribution in [3.8, 4) is 0 Å². The number of anilines is 1. The van der Waals surface area contributed by atoms with Gasteiger partial charge in [-0.1, -0.05) is 6.07 Å². The fraction of sp³-hybridized carbons (Fsp3) is 0.267. The summed E-state index contributed by atoms with van der Waals surface area (Å²) < 4.78 is 0. The molecule has 0 saturated carbocycles. The average Bonchev–Trinajstić information content (AvgIpc) is 2.45. The Kier molecular flexibility index (Phi) is 4.30. The lowest BCUT2D eigenvalue weighted by Crippen LogP contribution is -2.26. The fourth-order valence-electron chi connectivity index (χ4n) is 2.04. The van der Waals surface area contributed by atoms with Gasteiger partial charge >= 0.3 is 5.97 Å². The van der Waals surface area contributed by atoms with Crippen LogP contribution in [0.2, 0.25) is 0 Å². The van der Waals surface area contributed by atoms with Gasteiger partial charge in [-0.15, -0.1) is 0 Å². The lowest BCUT2D eigenvalue weighted by Gasteiger charge is -2.23. The molecule has 2 heterocycles. The van der Waals surface area contributed by atoms with Crippen LogP contribution in [0, 0.1) is 6.92 Å². The molecule has 0 radical (unpaired) electrons. The third kappa shape index (κ3) is 3.12. The molecule has 104 valence electrons. The maximum absolute atomic E-state index is 11.3. The molecule has 0 amide bonds. The van der Waals surface area contributed by atoms with Crippen molar-refractivity contribution in [3.05, 3.63) is 53.5 Å². The topological polar surface area (TPSA) is 66.3 Å². The van der Waals surface area contributed by atoms with E-state index in [0.29, 0.717) is 18.9 Å². The molecule has 0 saturated heterocycles. The fourth-order valence-corrected chi connectivity index (χ4v) is 2.04. The summed E-state index contributed by atoms with van der Waals surface area (Å²) in [6.07, 6.45) is 1.61. The van der Waals surface area contributed by atoms with Crippen LogP contribution >= 0.6 is 0 Å². The summed E-state index contributed by atoms with van der Waals surface area (Å²) in [5, 5.41) is 9.24. The third-order valence-corrected chi connectivity index (χ3v) is 3.00. The van der Waals surface area contributed by atoms with E-state index in [1.165, 1.54) is 0 Å². The summed E-state index contributed by atoms with van der Waals surface area (Å²) in [7, 11) is 0. The summed E-state index contributed by atoms with van der Waals surface area (Å²) in [5.41, 5.74) is 2.05. The van der Waals surface area contributed by atoms with Crippen LogP contribution in [0.4, 0.5) is 5.82 Å². The maximum Gasteiger partial charge on any atom is 0.339 e. The second kappa shape index (κ2) is 6.14. The molecule has 2 rings (SSSR count). The number of rotatable bonds is 5. The summed E-state index contributed by atoms with van der Waals surface area (Å²) in [4.78, 5) is 21.8. The number of carboxylic acid groups (broad SMARTS) is 1. The van der Waals surface area contributed by atoms with Crippen LogP contribution in [0.5, 0.6) is 0 Å². The molecule has 0 aliphatic carbocycles. The Balaban J connectivity index is 2.31. The molecular formula is C15H17N3O2. The van der Waals surface area contributed by atoms with Gasteiger partial charge in [-0.05, 0) is 38.1 Å². The molecule has 0 aliphatic rings. The second-order valence-corrected chi connectivity index (χ2v) is 4.46. The number of nitrogens with zero attached hydrogens (tertiary/aromatic N) is 3. The Labute approximate surface area is 117 Å². The number of carboxylic acids is 1. The van der Waals surface area contributed by atoms with Gasteiger partial charge in [-0.2, -0.15) is 0 Å². The Bertz CT molecular complexity index is 614. The molecular weight excluding hydrogens is 254 g/mol. The summed E-state index contributed by atoms with van der Waals surface area (Å²) >= 11 is 0. The van der Waals surface area contributed by atoms with E-state index >= 15 is 0 Å². The highest BCUT2D eigenvalue weighted by molar-refractivity contribution is 5.93.